The summed E-state index contributed by atoms with van der Waals surface area (Å²) in [7, 11) is 0. The molecule has 0 aliphatic heterocycles. The molecule has 11 aromatic carbocycles. The van der Waals surface area contributed by atoms with Gasteiger partial charge in [-0.25, -0.2) is 0 Å². The number of hydrogen-bond acceptors (Lipinski definition) is 0. The predicted molar refractivity (Wildman–Crippen MR) is 257 cm³/mol. The Kier molecular flexibility index (Phi) is 8.95. The third kappa shape index (κ3) is 6.46. The van der Waals surface area contributed by atoms with Crippen LogP contribution < -0.4 is 0 Å². The van der Waals surface area contributed by atoms with Crippen molar-refractivity contribution in [2.24, 2.45) is 0 Å². The van der Waals surface area contributed by atoms with Crippen LogP contribution in [0.5, 0.6) is 0 Å². The van der Waals surface area contributed by atoms with E-state index >= 15 is 0 Å². The molecule has 0 aliphatic rings. The molecule has 0 fully saturated rings. The molecule has 60 heavy (non-hydrogen) atoms. The number of fused-ring (bicyclic) bond motifs is 3. The zero-order valence-corrected chi connectivity index (χ0v) is 33.1. The number of rotatable bonds is 7. The van der Waals surface area contributed by atoms with E-state index in [1.807, 2.05) is 0 Å². The fourth-order valence-electron chi connectivity index (χ4n) is 9.12. The predicted octanol–water partition coefficient (Wildman–Crippen LogP) is 16.8. The van der Waals surface area contributed by atoms with E-state index in [2.05, 4.69) is 243 Å². The van der Waals surface area contributed by atoms with E-state index in [0.717, 1.165) is 0 Å². The van der Waals surface area contributed by atoms with Gasteiger partial charge in [-0.15, -0.1) is 0 Å². The molecule has 0 aliphatic carbocycles. The Morgan fingerprint density at radius 3 is 1.17 bits per heavy atom. The second-order valence-electron chi connectivity index (χ2n) is 15.6. The monoisotopic (exact) mass is 760 g/mol. The molecule has 0 N–H and O–H groups in total. The van der Waals surface area contributed by atoms with E-state index in [1.165, 1.54) is 110 Å². The highest BCUT2D eigenvalue weighted by Gasteiger charge is 2.20. The van der Waals surface area contributed by atoms with Gasteiger partial charge >= 0.3 is 0 Å². The molecule has 0 aromatic heterocycles. The van der Waals surface area contributed by atoms with Crippen molar-refractivity contribution in [2.75, 3.05) is 0 Å². The first-order valence-electron chi connectivity index (χ1n) is 20.7. The van der Waals surface area contributed by atoms with Crippen LogP contribution in [0.2, 0.25) is 0 Å². The van der Waals surface area contributed by atoms with Crippen LogP contribution >= 0.6 is 0 Å². The smallest absolute Gasteiger partial charge is 0.00199 e. The van der Waals surface area contributed by atoms with Crippen molar-refractivity contribution in [3.05, 3.63) is 243 Å². The summed E-state index contributed by atoms with van der Waals surface area (Å²) >= 11 is 0. The van der Waals surface area contributed by atoms with E-state index in [4.69, 9.17) is 0 Å². The Morgan fingerprint density at radius 1 is 0.167 bits per heavy atom. The highest BCUT2D eigenvalue weighted by Crippen LogP contribution is 2.47. The molecule has 11 aromatic rings. The van der Waals surface area contributed by atoms with Gasteiger partial charge in [0.05, 0.1) is 0 Å². The minimum atomic E-state index is 1.18. The zero-order chi connectivity index (χ0) is 39.8. The summed E-state index contributed by atoms with van der Waals surface area (Å²) in [5.41, 5.74) is 17.0. The van der Waals surface area contributed by atoms with E-state index in [0.29, 0.717) is 0 Å². The van der Waals surface area contributed by atoms with Crippen LogP contribution in [0.4, 0.5) is 0 Å². The molecule has 280 valence electrons. The van der Waals surface area contributed by atoms with Crippen molar-refractivity contribution < 1.29 is 0 Å². The van der Waals surface area contributed by atoms with Crippen molar-refractivity contribution >= 4 is 32.3 Å². The molecule has 11 rings (SSSR count). The molecular formula is C60H40. The fraction of sp³-hybridized carbons (Fsp3) is 0. The molecule has 0 spiro atoms. The first kappa shape index (κ1) is 35.4. The lowest BCUT2D eigenvalue weighted by Crippen LogP contribution is -1.94. The lowest BCUT2D eigenvalue weighted by molar-refractivity contribution is 1.56. The Bertz CT molecular complexity index is 3280. The highest BCUT2D eigenvalue weighted by molar-refractivity contribution is 6.22. The maximum Gasteiger partial charge on any atom is -0.00199 e. The molecule has 0 bridgehead atoms. The Hall–Kier alpha value is -7.80. The van der Waals surface area contributed by atoms with Crippen molar-refractivity contribution in [3.63, 3.8) is 0 Å². The number of benzene rings is 11. The Morgan fingerprint density at radius 2 is 0.550 bits per heavy atom. The topological polar surface area (TPSA) is 0 Å². The first-order valence-corrected chi connectivity index (χ1v) is 20.7. The van der Waals surface area contributed by atoms with Gasteiger partial charge in [0.2, 0.25) is 0 Å². The average molecular weight is 761 g/mol. The van der Waals surface area contributed by atoms with Gasteiger partial charge in [0.25, 0.3) is 0 Å². The molecule has 0 saturated heterocycles. The van der Waals surface area contributed by atoms with Crippen LogP contribution in [-0.4, -0.2) is 0 Å². The maximum atomic E-state index is 2.43. The molecule has 0 unspecified atom stereocenters. The molecule has 0 heterocycles. The van der Waals surface area contributed by atoms with Crippen LogP contribution in [0.15, 0.2) is 243 Å². The van der Waals surface area contributed by atoms with Crippen molar-refractivity contribution in [2.45, 2.75) is 0 Å². The summed E-state index contributed by atoms with van der Waals surface area (Å²) in [4.78, 5) is 0. The summed E-state index contributed by atoms with van der Waals surface area (Å²) in [6.07, 6.45) is 0. The van der Waals surface area contributed by atoms with E-state index < -0.39 is 0 Å². The molecule has 0 atom stereocenters. The van der Waals surface area contributed by atoms with Gasteiger partial charge in [-0.3, -0.25) is 0 Å². The lowest BCUT2D eigenvalue weighted by atomic mass is 9.82. The fourth-order valence-corrected chi connectivity index (χ4v) is 9.12. The zero-order valence-electron chi connectivity index (χ0n) is 33.1. The van der Waals surface area contributed by atoms with E-state index in [9.17, 15) is 0 Å². The van der Waals surface area contributed by atoms with Crippen LogP contribution in [0.3, 0.4) is 0 Å². The standard InChI is InChI=1S/C60H40/c1-3-15-41(16-4-1)48-22-14-24-52(39-48)53-36-35-51(49-23-13-21-47(37-49)43-29-31-44(32-30-43)50-34-33-42-17-7-8-20-46(42)38-50)40-58(53)60-56-27-11-9-25-54(56)59(45-18-5-2-6-19-45)55-26-10-12-28-57(55)60/h1-40H. The quantitative estimate of drug-likeness (QED) is 0.142. The molecular weight excluding hydrogens is 721 g/mol. The largest absolute Gasteiger partial charge is 0.0622 e. The summed E-state index contributed by atoms with van der Waals surface area (Å²) in [5.74, 6) is 0. The minimum absolute atomic E-state index is 1.18. The third-order valence-corrected chi connectivity index (χ3v) is 12.1. The Balaban J connectivity index is 1.08. The lowest BCUT2D eigenvalue weighted by Gasteiger charge is -2.21. The van der Waals surface area contributed by atoms with Gasteiger partial charge in [-0.2, -0.15) is 0 Å². The number of hydrogen-bond donors (Lipinski definition) is 0. The normalized spacial score (nSPS) is 11.3. The van der Waals surface area contributed by atoms with Crippen LogP contribution in [-0.2, 0) is 0 Å². The summed E-state index contributed by atoms with van der Waals surface area (Å²) in [6, 6.07) is 88.8. The second kappa shape index (κ2) is 15.2. The van der Waals surface area contributed by atoms with E-state index in [-0.39, 0.29) is 0 Å². The SMILES string of the molecule is c1ccc(-c2cccc(-c3ccc(-c4cccc(-c5ccc(-c6ccc7ccccc7c6)cc5)c4)cc3-c3c4ccccc4c(-c4ccccc4)c4ccccc34)c2)cc1. The summed E-state index contributed by atoms with van der Waals surface area (Å²) < 4.78 is 0. The van der Waals surface area contributed by atoms with Crippen LogP contribution in [0.1, 0.15) is 0 Å². The highest BCUT2D eigenvalue weighted by atomic mass is 14.2. The Labute approximate surface area is 351 Å². The summed E-state index contributed by atoms with van der Waals surface area (Å²) in [6.45, 7) is 0. The van der Waals surface area contributed by atoms with Crippen molar-refractivity contribution in [1.82, 2.24) is 0 Å². The van der Waals surface area contributed by atoms with Crippen molar-refractivity contribution in [3.8, 4) is 77.9 Å². The molecule has 0 radical (unpaired) electrons. The molecule has 0 amide bonds. The van der Waals surface area contributed by atoms with Crippen LogP contribution in [0.25, 0.3) is 110 Å². The maximum absolute atomic E-state index is 2.43. The van der Waals surface area contributed by atoms with Crippen molar-refractivity contribution in [1.29, 1.82) is 0 Å². The van der Waals surface area contributed by atoms with Crippen LogP contribution in [0, 0.1) is 0 Å². The third-order valence-electron chi connectivity index (χ3n) is 12.1. The summed E-state index contributed by atoms with van der Waals surface area (Å²) in [5, 5.41) is 7.51. The minimum Gasteiger partial charge on any atom is -0.0622 e. The molecule has 0 heteroatoms. The van der Waals surface area contributed by atoms with Gasteiger partial charge in [-0.1, -0.05) is 218 Å². The van der Waals surface area contributed by atoms with E-state index in [1.54, 1.807) is 0 Å². The first-order chi connectivity index (χ1) is 29.7. The van der Waals surface area contributed by atoms with Gasteiger partial charge in [-0.05, 0) is 134 Å². The molecule has 0 nitrogen and oxygen atoms in total. The van der Waals surface area contributed by atoms with Gasteiger partial charge in [0, 0.05) is 0 Å². The van der Waals surface area contributed by atoms with Gasteiger partial charge in [0.15, 0.2) is 0 Å². The average Bonchev–Trinajstić information content (AvgIpc) is 3.33. The second-order valence-corrected chi connectivity index (χ2v) is 15.6. The molecule has 0 saturated carbocycles. The van der Waals surface area contributed by atoms with Gasteiger partial charge in [0.1, 0.15) is 0 Å². The van der Waals surface area contributed by atoms with Gasteiger partial charge < -0.3 is 0 Å².